The summed E-state index contributed by atoms with van der Waals surface area (Å²) < 4.78 is 7.62. The third-order valence-electron chi connectivity index (χ3n) is 3.60. The standard InChI is InChI=1S/C15H15BrN4O2/c1-3-11-12(14(21)22-2)13(9-5-4-6-10(16)7-9)20-15(19-11)17-8-18-20/h4-8,13H,3H2,1-2H3,(H,17,18,19)/t13-/m0/s1. The number of hydrogen-bond acceptors (Lipinski definition) is 5. The van der Waals surface area contributed by atoms with Crippen molar-refractivity contribution in [3.8, 4) is 0 Å². The fraction of sp³-hybridized carbons (Fsp3) is 0.267. The molecule has 1 aromatic heterocycles. The second-order valence-electron chi connectivity index (χ2n) is 4.85. The van der Waals surface area contributed by atoms with E-state index in [0.29, 0.717) is 17.9 Å². The van der Waals surface area contributed by atoms with E-state index in [-0.39, 0.29) is 12.0 Å². The van der Waals surface area contributed by atoms with Crippen molar-refractivity contribution in [1.29, 1.82) is 0 Å². The summed E-state index contributed by atoms with van der Waals surface area (Å²) in [6, 6.07) is 7.44. The molecule has 0 radical (unpaired) electrons. The van der Waals surface area contributed by atoms with Crippen molar-refractivity contribution in [3.05, 3.63) is 51.9 Å². The number of nitrogens with zero attached hydrogens (tertiary/aromatic N) is 3. The zero-order valence-corrected chi connectivity index (χ0v) is 13.8. The molecule has 1 aromatic carbocycles. The third-order valence-corrected chi connectivity index (χ3v) is 4.10. The molecule has 0 amide bonds. The second-order valence-corrected chi connectivity index (χ2v) is 5.76. The smallest absolute Gasteiger partial charge is 0.338 e. The first-order chi connectivity index (χ1) is 10.7. The average molecular weight is 363 g/mol. The lowest BCUT2D eigenvalue weighted by atomic mass is 9.95. The Kier molecular flexibility index (Phi) is 3.98. The van der Waals surface area contributed by atoms with Crippen LogP contribution in [0, 0.1) is 0 Å². The van der Waals surface area contributed by atoms with Gasteiger partial charge in [-0.25, -0.2) is 9.48 Å². The van der Waals surface area contributed by atoms with E-state index in [1.165, 1.54) is 13.4 Å². The van der Waals surface area contributed by atoms with Crippen molar-refractivity contribution in [2.75, 3.05) is 12.4 Å². The van der Waals surface area contributed by atoms with Crippen LogP contribution in [-0.2, 0) is 9.53 Å². The quantitative estimate of drug-likeness (QED) is 0.850. The largest absolute Gasteiger partial charge is 0.466 e. The van der Waals surface area contributed by atoms with Crippen LogP contribution in [0.1, 0.15) is 24.9 Å². The Morgan fingerprint density at radius 3 is 3.00 bits per heavy atom. The minimum absolute atomic E-state index is 0.362. The zero-order valence-electron chi connectivity index (χ0n) is 12.2. The molecule has 0 fully saturated rings. The monoisotopic (exact) mass is 362 g/mol. The van der Waals surface area contributed by atoms with E-state index in [9.17, 15) is 4.79 Å². The van der Waals surface area contributed by atoms with E-state index in [2.05, 4.69) is 31.3 Å². The number of nitrogens with one attached hydrogen (secondary N) is 1. The summed E-state index contributed by atoms with van der Waals surface area (Å²) in [5.74, 6) is 0.255. The van der Waals surface area contributed by atoms with Crippen LogP contribution >= 0.6 is 15.9 Å². The molecule has 114 valence electrons. The molecule has 3 rings (SSSR count). The number of ether oxygens (including phenoxy) is 1. The lowest BCUT2D eigenvalue weighted by Crippen LogP contribution is -2.30. The topological polar surface area (TPSA) is 69.0 Å². The molecule has 0 aliphatic carbocycles. The zero-order chi connectivity index (χ0) is 15.7. The van der Waals surface area contributed by atoms with Gasteiger partial charge >= 0.3 is 5.97 Å². The molecule has 2 aromatic rings. The van der Waals surface area contributed by atoms with Crippen molar-refractivity contribution in [2.24, 2.45) is 0 Å². The first kappa shape index (κ1) is 14.8. The molecule has 1 N–H and O–H groups in total. The summed E-state index contributed by atoms with van der Waals surface area (Å²) in [6.45, 7) is 1.98. The van der Waals surface area contributed by atoms with Crippen molar-refractivity contribution in [2.45, 2.75) is 19.4 Å². The van der Waals surface area contributed by atoms with Gasteiger partial charge in [0, 0.05) is 10.2 Å². The number of anilines is 1. The van der Waals surface area contributed by atoms with Crippen molar-refractivity contribution >= 4 is 27.8 Å². The van der Waals surface area contributed by atoms with Gasteiger partial charge in [-0.05, 0) is 24.1 Å². The van der Waals surface area contributed by atoms with Gasteiger partial charge in [-0.2, -0.15) is 10.1 Å². The summed E-state index contributed by atoms with van der Waals surface area (Å²) in [6.07, 6.45) is 2.14. The van der Waals surface area contributed by atoms with E-state index in [0.717, 1.165) is 15.7 Å². The predicted octanol–water partition coefficient (Wildman–Crippen LogP) is 2.89. The van der Waals surface area contributed by atoms with Crippen molar-refractivity contribution in [3.63, 3.8) is 0 Å². The minimum Gasteiger partial charge on any atom is -0.466 e. The maximum atomic E-state index is 12.3. The number of carbonyl (C=O) groups excluding carboxylic acids is 1. The van der Waals surface area contributed by atoms with Gasteiger partial charge in [0.25, 0.3) is 0 Å². The number of fused-ring (bicyclic) bond motifs is 1. The summed E-state index contributed by atoms with van der Waals surface area (Å²) in [4.78, 5) is 16.6. The van der Waals surface area contributed by atoms with E-state index < -0.39 is 0 Å². The molecule has 7 heteroatoms. The normalized spacial score (nSPS) is 17.0. The number of carbonyl (C=O) groups is 1. The van der Waals surface area contributed by atoms with Crippen LogP contribution in [0.4, 0.5) is 5.95 Å². The van der Waals surface area contributed by atoms with Crippen LogP contribution in [0.15, 0.2) is 46.3 Å². The molecule has 2 heterocycles. The Morgan fingerprint density at radius 2 is 2.32 bits per heavy atom. The van der Waals surface area contributed by atoms with Crippen LogP contribution in [0.2, 0.25) is 0 Å². The van der Waals surface area contributed by atoms with Crippen LogP contribution in [-0.4, -0.2) is 27.8 Å². The lowest BCUT2D eigenvalue weighted by Gasteiger charge is -2.28. The number of rotatable bonds is 3. The summed E-state index contributed by atoms with van der Waals surface area (Å²) in [5.41, 5.74) is 2.30. The van der Waals surface area contributed by atoms with E-state index in [1.807, 2.05) is 31.2 Å². The number of benzene rings is 1. The predicted molar refractivity (Wildman–Crippen MR) is 85.3 cm³/mol. The fourth-order valence-electron chi connectivity index (χ4n) is 2.63. The van der Waals surface area contributed by atoms with Gasteiger partial charge in [0.2, 0.25) is 5.95 Å². The molecule has 1 aliphatic rings. The molecule has 0 saturated heterocycles. The van der Waals surface area contributed by atoms with Crippen molar-refractivity contribution < 1.29 is 9.53 Å². The highest BCUT2D eigenvalue weighted by molar-refractivity contribution is 9.10. The highest BCUT2D eigenvalue weighted by Gasteiger charge is 2.34. The average Bonchev–Trinajstić information content (AvgIpc) is 3.00. The molecular formula is C15H15BrN4O2. The van der Waals surface area contributed by atoms with E-state index in [1.54, 1.807) is 4.68 Å². The van der Waals surface area contributed by atoms with Gasteiger partial charge < -0.3 is 10.1 Å². The first-order valence-corrected chi connectivity index (χ1v) is 7.68. The second kappa shape index (κ2) is 5.92. The third kappa shape index (κ3) is 2.41. The van der Waals surface area contributed by atoms with Crippen LogP contribution in [0.3, 0.4) is 0 Å². The van der Waals surface area contributed by atoms with Crippen molar-refractivity contribution in [1.82, 2.24) is 14.8 Å². The van der Waals surface area contributed by atoms with Crippen LogP contribution < -0.4 is 5.32 Å². The van der Waals surface area contributed by atoms with Gasteiger partial charge in [-0.3, -0.25) is 0 Å². The maximum absolute atomic E-state index is 12.3. The summed E-state index contributed by atoms with van der Waals surface area (Å²) in [7, 11) is 1.39. The number of allylic oxidation sites excluding steroid dienone is 1. The molecule has 0 bridgehead atoms. The Morgan fingerprint density at radius 1 is 1.50 bits per heavy atom. The number of aromatic nitrogens is 3. The molecule has 0 spiro atoms. The van der Waals surface area contributed by atoms with Gasteiger partial charge in [0.1, 0.15) is 12.4 Å². The highest BCUT2D eigenvalue weighted by Crippen LogP contribution is 2.36. The van der Waals surface area contributed by atoms with Gasteiger partial charge in [-0.1, -0.05) is 35.0 Å². The summed E-state index contributed by atoms with van der Waals surface area (Å²) >= 11 is 3.47. The number of hydrogen-bond donors (Lipinski definition) is 1. The molecule has 22 heavy (non-hydrogen) atoms. The van der Waals surface area contributed by atoms with Gasteiger partial charge in [0.15, 0.2) is 0 Å². The molecule has 1 atom stereocenters. The van der Waals surface area contributed by atoms with Crippen LogP contribution in [0.5, 0.6) is 0 Å². The number of methoxy groups -OCH3 is 1. The van der Waals surface area contributed by atoms with Gasteiger partial charge in [-0.15, -0.1) is 0 Å². The van der Waals surface area contributed by atoms with Gasteiger partial charge in [0.05, 0.1) is 12.7 Å². The molecule has 6 nitrogen and oxygen atoms in total. The van der Waals surface area contributed by atoms with E-state index in [4.69, 9.17) is 4.74 Å². The molecular weight excluding hydrogens is 348 g/mol. The maximum Gasteiger partial charge on any atom is 0.338 e. The number of esters is 1. The Hall–Kier alpha value is -2.15. The number of halogens is 1. The first-order valence-electron chi connectivity index (χ1n) is 6.89. The SMILES string of the molecule is CCC1=C(C(=O)OC)[C@H](c2cccc(Br)c2)n2ncnc2N1. The molecule has 1 aliphatic heterocycles. The highest BCUT2D eigenvalue weighted by atomic mass is 79.9. The fourth-order valence-corrected chi connectivity index (χ4v) is 3.04. The molecule has 0 unspecified atom stereocenters. The van der Waals surface area contributed by atoms with Crippen LogP contribution in [0.25, 0.3) is 0 Å². The lowest BCUT2D eigenvalue weighted by molar-refractivity contribution is -0.136. The Balaban J connectivity index is 2.22. The van der Waals surface area contributed by atoms with E-state index >= 15 is 0 Å². The Labute approximate surface area is 136 Å². The Bertz CT molecular complexity index is 754. The summed E-state index contributed by atoms with van der Waals surface area (Å²) in [5, 5.41) is 7.43. The minimum atomic E-state index is -0.365. The molecule has 0 saturated carbocycles.